The number of anilines is 1. The molecule has 1 aromatic heterocycles. The maximum atomic E-state index is 12.8. The molecule has 1 aliphatic carbocycles. The number of rotatable bonds is 3. The molecular weight excluding hydrogens is 264 g/mol. The van der Waals surface area contributed by atoms with Crippen molar-refractivity contribution in [2.75, 3.05) is 11.4 Å². The lowest BCUT2D eigenvalue weighted by Crippen LogP contribution is -2.32. The van der Waals surface area contributed by atoms with E-state index in [-0.39, 0.29) is 5.91 Å². The molecular formula is C17H20N2O2. The number of fused-ring (bicyclic) bond motifs is 1. The Balaban J connectivity index is 1.93. The third kappa shape index (κ3) is 2.58. The molecule has 110 valence electrons. The maximum Gasteiger partial charge on any atom is 0.280 e. The first-order valence-electron chi connectivity index (χ1n) is 7.55. The number of aryl methyl sites for hydroxylation is 1. The first-order valence-corrected chi connectivity index (χ1v) is 7.55. The van der Waals surface area contributed by atoms with Crippen molar-refractivity contribution in [2.45, 2.75) is 33.1 Å². The van der Waals surface area contributed by atoms with E-state index >= 15 is 0 Å². The fourth-order valence-electron chi connectivity index (χ4n) is 2.93. The second-order valence-electron chi connectivity index (χ2n) is 5.67. The summed E-state index contributed by atoms with van der Waals surface area (Å²) in [6, 6.07) is 9.70. The highest BCUT2D eigenvalue weighted by Gasteiger charge is 2.29. The first kappa shape index (κ1) is 13.9. The van der Waals surface area contributed by atoms with Crippen LogP contribution in [0.5, 0.6) is 0 Å². The highest BCUT2D eigenvalue weighted by molar-refractivity contribution is 6.05. The van der Waals surface area contributed by atoms with E-state index in [1.54, 1.807) is 4.90 Å². The minimum absolute atomic E-state index is 0.0669. The summed E-state index contributed by atoms with van der Waals surface area (Å²) in [4.78, 5) is 14.6. The number of hydrogen-bond donors (Lipinski definition) is 0. The molecule has 4 heteroatoms. The summed E-state index contributed by atoms with van der Waals surface area (Å²) in [5, 5.41) is 4.06. The molecule has 3 rings (SSSR count). The van der Waals surface area contributed by atoms with E-state index in [1.165, 1.54) is 0 Å². The molecule has 0 spiro atoms. The molecule has 0 aliphatic heterocycles. The van der Waals surface area contributed by atoms with Crippen LogP contribution in [0.4, 0.5) is 5.69 Å². The summed E-state index contributed by atoms with van der Waals surface area (Å²) in [6.07, 6.45) is 2.87. The Kier molecular flexibility index (Phi) is 3.78. The smallest absolute Gasteiger partial charge is 0.280 e. The summed E-state index contributed by atoms with van der Waals surface area (Å²) in [6.45, 7) is 4.79. The molecule has 1 atom stereocenters. The van der Waals surface area contributed by atoms with Crippen LogP contribution >= 0.6 is 0 Å². The number of carbonyl (C=O) groups is 1. The van der Waals surface area contributed by atoms with Crippen LogP contribution in [-0.4, -0.2) is 17.6 Å². The van der Waals surface area contributed by atoms with Gasteiger partial charge >= 0.3 is 0 Å². The van der Waals surface area contributed by atoms with Gasteiger partial charge < -0.3 is 9.42 Å². The van der Waals surface area contributed by atoms with Crippen LogP contribution in [0.2, 0.25) is 0 Å². The molecule has 2 aromatic rings. The van der Waals surface area contributed by atoms with Gasteiger partial charge in [-0.15, -0.1) is 0 Å². The first-order chi connectivity index (χ1) is 10.2. The van der Waals surface area contributed by atoms with Crippen molar-refractivity contribution in [1.29, 1.82) is 0 Å². The van der Waals surface area contributed by atoms with Crippen LogP contribution < -0.4 is 4.90 Å². The van der Waals surface area contributed by atoms with Crippen molar-refractivity contribution in [1.82, 2.24) is 5.16 Å². The van der Waals surface area contributed by atoms with E-state index in [9.17, 15) is 4.79 Å². The molecule has 0 unspecified atom stereocenters. The van der Waals surface area contributed by atoms with Crippen molar-refractivity contribution >= 4 is 11.6 Å². The van der Waals surface area contributed by atoms with Gasteiger partial charge in [0.2, 0.25) is 0 Å². The summed E-state index contributed by atoms with van der Waals surface area (Å²) < 4.78 is 5.39. The third-order valence-electron chi connectivity index (χ3n) is 4.12. The molecule has 0 saturated heterocycles. The van der Waals surface area contributed by atoms with Crippen LogP contribution in [0.15, 0.2) is 34.9 Å². The molecule has 0 bridgehead atoms. The molecule has 1 amide bonds. The van der Waals surface area contributed by atoms with Gasteiger partial charge in [-0.05, 0) is 37.8 Å². The van der Waals surface area contributed by atoms with Gasteiger partial charge in [0.1, 0.15) is 5.76 Å². The summed E-state index contributed by atoms with van der Waals surface area (Å²) in [5.74, 6) is 1.40. The molecule has 0 N–H and O–H groups in total. The minimum atomic E-state index is -0.0669. The molecule has 21 heavy (non-hydrogen) atoms. The van der Waals surface area contributed by atoms with Gasteiger partial charge in [0, 0.05) is 24.2 Å². The van der Waals surface area contributed by atoms with Crippen LogP contribution in [0.1, 0.15) is 42.1 Å². The van der Waals surface area contributed by atoms with E-state index in [1.807, 2.05) is 37.3 Å². The van der Waals surface area contributed by atoms with Gasteiger partial charge in [-0.1, -0.05) is 30.3 Å². The van der Waals surface area contributed by atoms with Gasteiger partial charge in [-0.25, -0.2) is 0 Å². The van der Waals surface area contributed by atoms with E-state index in [0.717, 1.165) is 36.3 Å². The van der Waals surface area contributed by atoms with Gasteiger partial charge in [-0.3, -0.25) is 4.79 Å². The summed E-state index contributed by atoms with van der Waals surface area (Å²) in [5.41, 5.74) is 2.39. The minimum Gasteiger partial charge on any atom is -0.360 e. The highest BCUT2D eigenvalue weighted by atomic mass is 16.5. The number of para-hydroxylation sites is 1. The molecule has 1 aliphatic rings. The lowest BCUT2D eigenvalue weighted by atomic mass is 9.88. The number of benzene rings is 1. The van der Waals surface area contributed by atoms with Crippen molar-refractivity contribution in [3.05, 3.63) is 47.3 Å². The predicted molar refractivity (Wildman–Crippen MR) is 81.5 cm³/mol. The Bertz CT molecular complexity index is 633. The Labute approximate surface area is 124 Å². The second kappa shape index (κ2) is 5.72. The van der Waals surface area contributed by atoms with Crippen LogP contribution in [0.25, 0.3) is 0 Å². The zero-order valence-corrected chi connectivity index (χ0v) is 12.5. The number of hydrogen-bond acceptors (Lipinski definition) is 3. The fourth-order valence-corrected chi connectivity index (χ4v) is 2.93. The number of aromatic nitrogens is 1. The average Bonchev–Trinajstić information content (AvgIpc) is 2.92. The normalized spacial score (nSPS) is 17.3. The summed E-state index contributed by atoms with van der Waals surface area (Å²) >= 11 is 0. The SMILES string of the molecule is CCN(C(=O)c1noc2c1C[C@@H](C)CC2)c1ccccc1. The molecule has 0 radical (unpaired) electrons. The van der Waals surface area contributed by atoms with Gasteiger partial charge in [0.25, 0.3) is 5.91 Å². The number of carbonyl (C=O) groups excluding carboxylic acids is 1. The topological polar surface area (TPSA) is 46.3 Å². The largest absolute Gasteiger partial charge is 0.360 e. The van der Waals surface area contributed by atoms with Gasteiger partial charge in [-0.2, -0.15) is 0 Å². The summed E-state index contributed by atoms with van der Waals surface area (Å²) in [7, 11) is 0. The molecule has 0 saturated carbocycles. The molecule has 1 aromatic carbocycles. The van der Waals surface area contributed by atoms with Crippen LogP contribution in [-0.2, 0) is 12.8 Å². The van der Waals surface area contributed by atoms with Crippen molar-refractivity contribution < 1.29 is 9.32 Å². The van der Waals surface area contributed by atoms with Crippen LogP contribution in [0, 0.1) is 5.92 Å². The second-order valence-corrected chi connectivity index (χ2v) is 5.67. The van der Waals surface area contributed by atoms with E-state index in [0.29, 0.717) is 18.2 Å². The Morgan fingerprint density at radius 2 is 2.14 bits per heavy atom. The van der Waals surface area contributed by atoms with Crippen LogP contribution in [0.3, 0.4) is 0 Å². The van der Waals surface area contributed by atoms with E-state index in [2.05, 4.69) is 12.1 Å². The zero-order chi connectivity index (χ0) is 14.8. The quantitative estimate of drug-likeness (QED) is 0.867. The Hall–Kier alpha value is -2.10. The van der Waals surface area contributed by atoms with Gasteiger partial charge in [0.05, 0.1) is 0 Å². The maximum absolute atomic E-state index is 12.8. The fraction of sp³-hybridized carbons (Fsp3) is 0.412. The molecule has 0 fully saturated rings. The van der Waals surface area contributed by atoms with E-state index in [4.69, 9.17) is 4.52 Å². The molecule has 4 nitrogen and oxygen atoms in total. The third-order valence-corrected chi connectivity index (χ3v) is 4.12. The van der Waals surface area contributed by atoms with E-state index < -0.39 is 0 Å². The van der Waals surface area contributed by atoms with Gasteiger partial charge in [0.15, 0.2) is 5.69 Å². The lowest BCUT2D eigenvalue weighted by molar-refractivity contribution is 0.0978. The average molecular weight is 284 g/mol. The van der Waals surface area contributed by atoms with Crippen molar-refractivity contribution in [2.24, 2.45) is 5.92 Å². The monoisotopic (exact) mass is 284 g/mol. The Morgan fingerprint density at radius 1 is 1.38 bits per heavy atom. The van der Waals surface area contributed by atoms with Crippen molar-refractivity contribution in [3.8, 4) is 0 Å². The number of nitrogens with zero attached hydrogens (tertiary/aromatic N) is 2. The van der Waals surface area contributed by atoms with Crippen molar-refractivity contribution in [3.63, 3.8) is 0 Å². The zero-order valence-electron chi connectivity index (χ0n) is 12.5. The molecule has 1 heterocycles. The highest BCUT2D eigenvalue weighted by Crippen LogP contribution is 2.29. The Morgan fingerprint density at radius 3 is 2.86 bits per heavy atom. The standard InChI is InChI=1S/C17H20N2O2/c1-3-19(13-7-5-4-6-8-13)17(20)16-14-11-12(2)9-10-15(14)21-18-16/h4-8,12H,3,9-11H2,1-2H3/t12-/m0/s1. The number of amides is 1. The lowest BCUT2D eigenvalue weighted by Gasteiger charge is -2.21. The predicted octanol–water partition coefficient (Wildman–Crippen LogP) is 3.47.